The van der Waals surface area contributed by atoms with Gasteiger partial charge < -0.3 is 9.84 Å². The van der Waals surface area contributed by atoms with Crippen molar-refractivity contribution in [3.63, 3.8) is 0 Å². The molecule has 6 heteroatoms. The number of carboxylic acids is 1. The van der Waals surface area contributed by atoms with Gasteiger partial charge in [-0.15, -0.1) is 0 Å². The lowest BCUT2D eigenvalue weighted by Crippen LogP contribution is -2.20. The van der Waals surface area contributed by atoms with Gasteiger partial charge in [0, 0.05) is 11.5 Å². The van der Waals surface area contributed by atoms with Crippen molar-refractivity contribution in [3.8, 4) is 5.75 Å². The van der Waals surface area contributed by atoms with Crippen LogP contribution >= 0.6 is 0 Å². The van der Waals surface area contributed by atoms with Gasteiger partial charge in [-0.2, -0.15) is 5.10 Å². The highest BCUT2D eigenvalue weighted by Gasteiger charge is 2.44. The highest BCUT2D eigenvalue weighted by atomic mass is 16.5. The summed E-state index contributed by atoms with van der Waals surface area (Å²) in [5, 5.41) is 12.8. The predicted molar refractivity (Wildman–Crippen MR) is 111 cm³/mol. The summed E-state index contributed by atoms with van der Waals surface area (Å²) in [7, 11) is 0. The second-order valence-electron chi connectivity index (χ2n) is 8.28. The molecule has 3 rings (SSSR count). The second kappa shape index (κ2) is 8.47. The molecule has 2 N–H and O–H groups in total. The summed E-state index contributed by atoms with van der Waals surface area (Å²) in [5.41, 5.74) is 5.73. The molecular weight excluding hydrogens is 368 g/mol. The number of carbonyl (C=O) groups is 2. The molecular formula is C23H26N2O4. The minimum absolute atomic E-state index is 0.0776. The van der Waals surface area contributed by atoms with Crippen molar-refractivity contribution in [2.24, 2.45) is 11.0 Å². The van der Waals surface area contributed by atoms with E-state index in [0.29, 0.717) is 11.3 Å². The normalized spacial score (nSPS) is 18.4. The molecule has 0 saturated heterocycles. The number of ether oxygens (including phenoxy) is 1. The predicted octanol–water partition coefficient (Wildman–Crippen LogP) is 3.70. The van der Waals surface area contributed by atoms with E-state index in [0.717, 1.165) is 6.42 Å². The van der Waals surface area contributed by atoms with Crippen molar-refractivity contribution < 1.29 is 19.4 Å². The first-order valence-corrected chi connectivity index (χ1v) is 9.62. The van der Waals surface area contributed by atoms with Crippen LogP contribution in [0.25, 0.3) is 0 Å². The van der Waals surface area contributed by atoms with Crippen molar-refractivity contribution in [3.05, 3.63) is 65.2 Å². The van der Waals surface area contributed by atoms with Crippen LogP contribution in [0.1, 0.15) is 49.8 Å². The van der Waals surface area contributed by atoms with Gasteiger partial charge in [-0.1, -0.05) is 57.2 Å². The maximum Gasteiger partial charge on any atom is 0.341 e. The number of carboxylic acid groups (broad SMARTS) is 1. The molecule has 29 heavy (non-hydrogen) atoms. The largest absolute Gasteiger partial charge is 0.481 e. The summed E-state index contributed by atoms with van der Waals surface area (Å²) in [6, 6.07) is 15.4. The van der Waals surface area contributed by atoms with Gasteiger partial charge in [0.25, 0.3) is 0 Å². The number of nitrogens with zero attached hydrogens (tertiary/aromatic N) is 1. The fraction of sp³-hybridized carbons (Fsp3) is 0.348. The van der Waals surface area contributed by atoms with Crippen LogP contribution in [0.3, 0.4) is 0 Å². The van der Waals surface area contributed by atoms with E-state index in [9.17, 15) is 9.59 Å². The molecule has 2 aromatic rings. The van der Waals surface area contributed by atoms with Crippen LogP contribution in [0.2, 0.25) is 0 Å². The van der Waals surface area contributed by atoms with Crippen LogP contribution in [-0.2, 0) is 15.0 Å². The highest BCUT2D eigenvalue weighted by Crippen LogP contribution is 2.47. The summed E-state index contributed by atoms with van der Waals surface area (Å²) in [6.07, 6.45) is 2.28. The van der Waals surface area contributed by atoms with Gasteiger partial charge in [-0.25, -0.2) is 10.2 Å². The molecule has 1 amide bonds. The number of amides is 1. The Labute approximate surface area is 170 Å². The molecule has 2 atom stereocenters. The Bertz CT molecular complexity index is 913. The summed E-state index contributed by atoms with van der Waals surface area (Å²) >= 11 is 0. The first-order chi connectivity index (χ1) is 13.8. The maximum atomic E-state index is 12.4. The quantitative estimate of drug-likeness (QED) is 0.554. The van der Waals surface area contributed by atoms with Gasteiger partial charge in [-0.05, 0) is 41.0 Å². The maximum absolute atomic E-state index is 12.4. The van der Waals surface area contributed by atoms with Gasteiger partial charge in [0.05, 0.1) is 6.21 Å². The summed E-state index contributed by atoms with van der Waals surface area (Å²) in [5.74, 6) is -0.622. The van der Waals surface area contributed by atoms with Crippen LogP contribution < -0.4 is 10.2 Å². The number of aliphatic carboxylic acids is 1. The Hall–Kier alpha value is -3.15. The second-order valence-corrected chi connectivity index (χ2v) is 8.28. The lowest BCUT2D eigenvalue weighted by Gasteiger charge is -2.19. The zero-order chi connectivity index (χ0) is 21.0. The molecule has 1 aliphatic rings. The summed E-state index contributed by atoms with van der Waals surface area (Å²) < 4.78 is 5.22. The SMILES string of the molecule is CC(C)(C)c1ccc([C@H]2C[C@@H]2C(=O)N/N=C\c2ccccc2OCC(=O)O)cc1. The fourth-order valence-electron chi connectivity index (χ4n) is 3.19. The number of carbonyl (C=O) groups excluding carboxylic acids is 1. The fourth-order valence-corrected chi connectivity index (χ4v) is 3.19. The topological polar surface area (TPSA) is 88.0 Å². The first kappa shape index (κ1) is 20.6. The minimum Gasteiger partial charge on any atom is -0.481 e. The number of rotatable bonds is 7. The van der Waals surface area contributed by atoms with Crippen LogP contribution in [0.4, 0.5) is 0 Å². The van der Waals surface area contributed by atoms with Gasteiger partial charge >= 0.3 is 5.97 Å². The van der Waals surface area contributed by atoms with Crippen LogP contribution in [0.15, 0.2) is 53.6 Å². The Morgan fingerprint density at radius 1 is 1.17 bits per heavy atom. The third-order valence-electron chi connectivity index (χ3n) is 4.98. The van der Waals surface area contributed by atoms with Gasteiger partial charge in [0.1, 0.15) is 5.75 Å². The molecule has 6 nitrogen and oxygen atoms in total. The summed E-state index contributed by atoms with van der Waals surface area (Å²) in [6.45, 7) is 6.10. The van der Waals surface area contributed by atoms with E-state index in [4.69, 9.17) is 9.84 Å². The number of hydrogen-bond acceptors (Lipinski definition) is 4. The molecule has 0 aliphatic heterocycles. The van der Waals surface area contributed by atoms with Crippen molar-refractivity contribution in [2.45, 2.75) is 38.5 Å². The van der Waals surface area contributed by atoms with E-state index in [1.165, 1.54) is 17.3 Å². The van der Waals surface area contributed by atoms with Crippen molar-refractivity contribution in [1.29, 1.82) is 0 Å². The number of nitrogens with one attached hydrogen (secondary N) is 1. The van der Waals surface area contributed by atoms with Crippen molar-refractivity contribution in [1.82, 2.24) is 5.43 Å². The molecule has 1 aliphatic carbocycles. The summed E-state index contributed by atoms with van der Waals surface area (Å²) in [4.78, 5) is 23.0. The molecule has 1 fully saturated rings. The van der Waals surface area contributed by atoms with E-state index in [-0.39, 0.29) is 23.2 Å². The van der Waals surface area contributed by atoms with Crippen LogP contribution in [0.5, 0.6) is 5.75 Å². The zero-order valence-electron chi connectivity index (χ0n) is 16.9. The van der Waals surface area contributed by atoms with E-state index >= 15 is 0 Å². The monoisotopic (exact) mass is 394 g/mol. The van der Waals surface area contributed by atoms with E-state index < -0.39 is 12.6 Å². The Morgan fingerprint density at radius 3 is 2.52 bits per heavy atom. The number of para-hydroxylation sites is 1. The van der Waals surface area contributed by atoms with Crippen LogP contribution in [-0.4, -0.2) is 29.8 Å². The molecule has 0 radical (unpaired) electrons. The Kier molecular flexibility index (Phi) is 6.01. The van der Waals surface area contributed by atoms with Crippen molar-refractivity contribution >= 4 is 18.1 Å². The number of hydrazone groups is 1. The molecule has 1 saturated carbocycles. The minimum atomic E-state index is -1.06. The average Bonchev–Trinajstić information content (AvgIpc) is 3.47. The third-order valence-corrected chi connectivity index (χ3v) is 4.98. The zero-order valence-corrected chi connectivity index (χ0v) is 16.9. The lowest BCUT2D eigenvalue weighted by atomic mass is 9.86. The molecule has 2 aromatic carbocycles. The standard InChI is InChI=1S/C23H26N2O4/c1-23(2,3)17-10-8-15(9-11-17)18-12-19(18)22(28)25-24-13-16-6-4-5-7-20(16)29-14-21(26)27/h4-11,13,18-19H,12,14H2,1-3H3,(H,25,28)(H,26,27)/b24-13-/t18-,19+/m1/s1. The van der Waals surface area contributed by atoms with Gasteiger partial charge in [0.2, 0.25) is 5.91 Å². The number of hydrogen-bond donors (Lipinski definition) is 2. The number of benzene rings is 2. The molecule has 0 bridgehead atoms. The first-order valence-electron chi connectivity index (χ1n) is 9.62. The third kappa shape index (κ3) is 5.44. The molecule has 0 unspecified atom stereocenters. The lowest BCUT2D eigenvalue weighted by molar-refractivity contribution is -0.139. The Balaban J connectivity index is 1.55. The van der Waals surface area contributed by atoms with E-state index in [2.05, 4.69) is 55.6 Å². The van der Waals surface area contributed by atoms with E-state index in [1.807, 2.05) is 0 Å². The smallest absolute Gasteiger partial charge is 0.341 e. The molecule has 152 valence electrons. The van der Waals surface area contributed by atoms with Gasteiger partial charge in [0.15, 0.2) is 6.61 Å². The average molecular weight is 394 g/mol. The van der Waals surface area contributed by atoms with Crippen molar-refractivity contribution in [2.75, 3.05) is 6.61 Å². The van der Waals surface area contributed by atoms with Crippen LogP contribution in [0, 0.1) is 5.92 Å². The Morgan fingerprint density at radius 2 is 1.86 bits per heavy atom. The molecule has 0 spiro atoms. The highest BCUT2D eigenvalue weighted by molar-refractivity contribution is 5.87. The molecule has 0 heterocycles. The van der Waals surface area contributed by atoms with E-state index in [1.54, 1.807) is 24.3 Å². The van der Waals surface area contributed by atoms with Gasteiger partial charge in [-0.3, -0.25) is 4.79 Å². The molecule has 0 aromatic heterocycles.